The minimum atomic E-state index is -3.85. The van der Waals surface area contributed by atoms with Crippen molar-refractivity contribution in [1.29, 1.82) is 0 Å². The maximum atomic E-state index is 12.8. The maximum Gasteiger partial charge on any atom is 0.262 e. The van der Waals surface area contributed by atoms with E-state index in [9.17, 15) is 13.2 Å². The standard InChI is InChI=1S/C23H20N6O5S/c30-23(16-4-2-15(3-5-16)22-25-28-29-26-22)24-17-6-8-18(9-7-17)27-35(31,32)19-10-11-20-21(14-19)34-13-1-12-33-20/h2-11,14,27H,1,12-13H2,(H,24,30)(H,25,26,28,29). The summed E-state index contributed by atoms with van der Waals surface area (Å²) in [5.41, 5.74) is 2.02. The fourth-order valence-corrected chi connectivity index (χ4v) is 4.48. The van der Waals surface area contributed by atoms with Gasteiger partial charge >= 0.3 is 0 Å². The molecule has 1 amide bonds. The van der Waals surface area contributed by atoms with Gasteiger partial charge in [0.05, 0.1) is 18.1 Å². The highest BCUT2D eigenvalue weighted by atomic mass is 32.2. The molecule has 12 heteroatoms. The number of nitrogens with zero attached hydrogens (tertiary/aromatic N) is 3. The Morgan fingerprint density at radius 2 is 1.60 bits per heavy atom. The smallest absolute Gasteiger partial charge is 0.262 e. The summed E-state index contributed by atoms with van der Waals surface area (Å²) in [4.78, 5) is 12.6. The van der Waals surface area contributed by atoms with E-state index in [0.29, 0.717) is 47.5 Å². The second kappa shape index (κ2) is 9.43. The van der Waals surface area contributed by atoms with Gasteiger partial charge in [-0.3, -0.25) is 9.52 Å². The van der Waals surface area contributed by atoms with Gasteiger partial charge in [-0.15, -0.1) is 10.2 Å². The van der Waals surface area contributed by atoms with Crippen LogP contribution in [0.1, 0.15) is 16.8 Å². The van der Waals surface area contributed by atoms with E-state index in [1.807, 2.05) is 0 Å². The number of anilines is 2. The van der Waals surface area contributed by atoms with Crippen molar-refractivity contribution in [2.75, 3.05) is 23.3 Å². The van der Waals surface area contributed by atoms with Crippen LogP contribution in [0.5, 0.6) is 11.5 Å². The number of carbonyl (C=O) groups is 1. The quantitative estimate of drug-likeness (QED) is 0.372. The number of ether oxygens (including phenoxy) is 2. The fraction of sp³-hybridized carbons (Fsp3) is 0.130. The Kier molecular flexibility index (Phi) is 6.02. The number of rotatable bonds is 6. The highest BCUT2D eigenvalue weighted by Gasteiger charge is 2.19. The summed E-state index contributed by atoms with van der Waals surface area (Å²) in [6.45, 7) is 0.978. The lowest BCUT2D eigenvalue weighted by Gasteiger charge is -2.12. The number of fused-ring (bicyclic) bond motifs is 1. The molecule has 0 bridgehead atoms. The zero-order valence-corrected chi connectivity index (χ0v) is 19.1. The van der Waals surface area contributed by atoms with Crippen molar-refractivity contribution in [3.8, 4) is 22.9 Å². The lowest BCUT2D eigenvalue weighted by molar-refractivity contribution is 0.102. The molecule has 0 saturated carbocycles. The number of carbonyl (C=O) groups excluding carboxylic acids is 1. The average Bonchev–Trinajstić information content (AvgIpc) is 3.30. The van der Waals surface area contributed by atoms with Crippen molar-refractivity contribution >= 4 is 27.3 Å². The van der Waals surface area contributed by atoms with Gasteiger partial charge in [-0.05, 0) is 53.7 Å². The molecule has 0 atom stereocenters. The van der Waals surface area contributed by atoms with Gasteiger partial charge in [-0.1, -0.05) is 12.1 Å². The molecule has 0 fully saturated rings. The first kappa shape index (κ1) is 22.3. The number of H-pyrrole nitrogens is 1. The first-order valence-corrected chi connectivity index (χ1v) is 12.1. The Bertz CT molecular complexity index is 1440. The fourth-order valence-electron chi connectivity index (χ4n) is 3.40. The van der Waals surface area contributed by atoms with Crippen LogP contribution in [0.2, 0.25) is 0 Å². The van der Waals surface area contributed by atoms with Crippen molar-refractivity contribution in [3.05, 3.63) is 72.3 Å². The third-order valence-electron chi connectivity index (χ3n) is 5.17. The summed E-state index contributed by atoms with van der Waals surface area (Å²) >= 11 is 0. The number of benzene rings is 3. The van der Waals surface area contributed by atoms with E-state index in [1.54, 1.807) is 54.6 Å². The summed E-state index contributed by atoms with van der Waals surface area (Å²) in [6, 6.07) is 17.6. The number of sulfonamides is 1. The molecule has 2 heterocycles. The van der Waals surface area contributed by atoms with Crippen LogP contribution in [-0.4, -0.2) is 48.2 Å². The topological polar surface area (TPSA) is 148 Å². The normalized spacial score (nSPS) is 13.0. The number of nitrogens with one attached hydrogen (secondary N) is 3. The molecule has 5 rings (SSSR count). The van der Waals surface area contributed by atoms with Crippen molar-refractivity contribution in [3.63, 3.8) is 0 Å². The number of aromatic amines is 1. The zero-order chi connectivity index (χ0) is 24.3. The van der Waals surface area contributed by atoms with E-state index < -0.39 is 10.0 Å². The molecule has 35 heavy (non-hydrogen) atoms. The molecule has 1 aliphatic heterocycles. The Morgan fingerprint density at radius 1 is 0.886 bits per heavy atom. The minimum Gasteiger partial charge on any atom is -0.490 e. The van der Waals surface area contributed by atoms with Crippen LogP contribution in [0.15, 0.2) is 71.6 Å². The number of hydrogen-bond donors (Lipinski definition) is 3. The van der Waals surface area contributed by atoms with Crippen LogP contribution in [0, 0.1) is 0 Å². The van der Waals surface area contributed by atoms with Crippen molar-refractivity contribution in [2.24, 2.45) is 0 Å². The summed E-state index contributed by atoms with van der Waals surface area (Å²) < 4.78 is 39.3. The lowest BCUT2D eigenvalue weighted by atomic mass is 10.1. The highest BCUT2D eigenvalue weighted by Crippen LogP contribution is 2.32. The summed E-state index contributed by atoms with van der Waals surface area (Å²) in [5.74, 6) is 1.03. The monoisotopic (exact) mass is 492 g/mol. The summed E-state index contributed by atoms with van der Waals surface area (Å²) in [6.07, 6.45) is 0.726. The molecule has 11 nitrogen and oxygen atoms in total. The summed E-state index contributed by atoms with van der Waals surface area (Å²) in [5, 5.41) is 16.5. The molecule has 0 unspecified atom stereocenters. The van der Waals surface area contributed by atoms with Gasteiger partial charge in [-0.25, -0.2) is 8.42 Å². The molecule has 1 aromatic heterocycles. The molecule has 0 saturated heterocycles. The number of tetrazole rings is 1. The summed E-state index contributed by atoms with van der Waals surface area (Å²) in [7, 11) is -3.85. The Morgan fingerprint density at radius 3 is 2.31 bits per heavy atom. The molecule has 0 spiro atoms. The predicted octanol–water partition coefficient (Wildman–Crippen LogP) is 3.08. The van der Waals surface area contributed by atoms with Crippen LogP contribution in [0.25, 0.3) is 11.4 Å². The van der Waals surface area contributed by atoms with Gasteiger partial charge in [0.1, 0.15) is 0 Å². The number of amides is 1. The molecular formula is C23H20N6O5S. The largest absolute Gasteiger partial charge is 0.490 e. The zero-order valence-electron chi connectivity index (χ0n) is 18.3. The molecule has 0 aliphatic carbocycles. The van der Waals surface area contributed by atoms with Gasteiger partial charge < -0.3 is 14.8 Å². The van der Waals surface area contributed by atoms with E-state index in [0.717, 1.165) is 12.0 Å². The Labute approximate surface area is 200 Å². The lowest BCUT2D eigenvalue weighted by Crippen LogP contribution is -2.14. The van der Waals surface area contributed by atoms with Crippen molar-refractivity contribution < 1.29 is 22.7 Å². The van der Waals surface area contributed by atoms with E-state index in [2.05, 4.69) is 30.7 Å². The molecule has 178 valence electrons. The molecule has 0 radical (unpaired) electrons. The number of aromatic nitrogens is 4. The predicted molar refractivity (Wildman–Crippen MR) is 127 cm³/mol. The van der Waals surface area contributed by atoms with Gasteiger partial charge in [0.2, 0.25) is 5.82 Å². The Hall–Kier alpha value is -4.45. The van der Waals surface area contributed by atoms with Gasteiger partial charge in [0.25, 0.3) is 15.9 Å². The SMILES string of the molecule is O=C(Nc1ccc(NS(=O)(=O)c2ccc3c(c2)OCCCO3)cc1)c1ccc(-c2nn[nH]n2)cc1. The second-order valence-corrected chi connectivity index (χ2v) is 9.29. The van der Waals surface area contributed by atoms with E-state index in [4.69, 9.17) is 9.47 Å². The minimum absolute atomic E-state index is 0.0587. The van der Waals surface area contributed by atoms with Gasteiger partial charge in [-0.2, -0.15) is 5.21 Å². The van der Waals surface area contributed by atoms with Crippen molar-refractivity contribution in [2.45, 2.75) is 11.3 Å². The van der Waals surface area contributed by atoms with Crippen LogP contribution in [-0.2, 0) is 10.0 Å². The number of hydrogen-bond acceptors (Lipinski definition) is 8. The van der Waals surface area contributed by atoms with E-state index >= 15 is 0 Å². The average molecular weight is 493 g/mol. The van der Waals surface area contributed by atoms with Crippen LogP contribution in [0.3, 0.4) is 0 Å². The molecule has 3 aromatic carbocycles. The Balaban J connectivity index is 1.24. The maximum absolute atomic E-state index is 12.8. The molecule has 4 aromatic rings. The molecule has 1 aliphatic rings. The van der Waals surface area contributed by atoms with E-state index in [1.165, 1.54) is 12.1 Å². The van der Waals surface area contributed by atoms with Gasteiger partial charge in [0.15, 0.2) is 11.5 Å². The van der Waals surface area contributed by atoms with Crippen LogP contribution in [0.4, 0.5) is 11.4 Å². The highest BCUT2D eigenvalue weighted by molar-refractivity contribution is 7.92. The first-order valence-electron chi connectivity index (χ1n) is 10.7. The molecular weight excluding hydrogens is 472 g/mol. The first-order chi connectivity index (χ1) is 17.0. The van der Waals surface area contributed by atoms with Gasteiger partial charge in [0, 0.05) is 35.0 Å². The third-order valence-corrected chi connectivity index (χ3v) is 6.55. The molecule has 3 N–H and O–H groups in total. The van der Waals surface area contributed by atoms with E-state index in [-0.39, 0.29) is 10.8 Å². The third kappa shape index (κ3) is 5.06. The van der Waals surface area contributed by atoms with Crippen molar-refractivity contribution in [1.82, 2.24) is 20.6 Å². The second-order valence-electron chi connectivity index (χ2n) is 7.61. The van der Waals surface area contributed by atoms with Crippen LogP contribution < -0.4 is 19.5 Å². The van der Waals surface area contributed by atoms with Crippen LogP contribution >= 0.6 is 0 Å².